The summed E-state index contributed by atoms with van der Waals surface area (Å²) in [6, 6.07) is 5.29. The maximum absolute atomic E-state index is 12.8. The summed E-state index contributed by atoms with van der Waals surface area (Å²) in [5, 5.41) is 5.00. The Morgan fingerprint density at radius 3 is 2.68 bits per heavy atom. The van der Waals surface area contributed by atoms with Crippen LogP contribution in [0.3, 0.4) is 0 Å². The first-order valence-corrected chi connectivity index (χ1v) is 11.2. The fourth-order valence-corrected chi connectivity index (χ4v) is 6.71. The first-order chi connectivity index (χ1) is 15.1. The molecule has 0 spiro atoms. The second-order valence-corrected chi connectivity index (χ2v) is 9.68. The van der Waals surface area contributed by atoms with Crippen LogP contribution >= 0.6 is 0 Å². The topological polar surface area (TPSA) is 78.4 Å². The van der Waals surface area contributed by atoms with Gasteiger partial charge >= 0.3 is 6.61 Å². The Balaban J connectivity index is 1.26. The van der Waals surface area contributed by atoms with Gasteiger partial charge in [0.25, 0.3) is 0 Å². The fourth-order valence-electron chi connectivity index (χ4n) is 6.71. The number of hydrogen-bond acceptors (Lipinski definition) is 6. The lowest BCUT2D eigenvalue weighted by Gasteiger charge is -2.34. The molecule has 0 amide bonds. The molecule has 31 heavy (non-hydrogen) atoms. The standard InChI is InChI=1S/C22H25F2N5O2/c23-21(24)31-16-5-11(7-26-20(16)25)15-6-17(29(27-15)12-3-1-2-4-12)22-14-8-28(13-9-30-10-13)19(22)18(14)22/h5-7,12-14,18-19,21H,1-4,8-10H2,(H2,25,26)/t14-,18-,19?,22-/m1/s1. The van der Waals surface area contributed by atoms with Crippen LogP contribution in [-0.2, 0) is 10.2 Å². The van der Waals surface area contributed by atoms with E-state index in [1.165, 1.54) is 24.6 Å². The van der Waals surface area contributed by atoms with E-state index < -0.39 is 6.61 Å². The van der Waals surface area contributed by atoms with E-state index in [0.29, 0.717) is 29.6 Å². The van der Waals surface area contributed by atoms with Crippen LogP contribution in [0.1, 0.15) is 37.4 Å². The molecule has 3 aliphatic carbocycles. The van der Waals surface area contributed by atoms with Gasteiger partial charge in [-0.15, -0.1) is 0 Å². The molecule has 7 nitrogen and oxygen atoms in total. The van der Waals surface area contributed by atoms with E-state index in [2.05, 4.69) is 25.4 Å². The molecule has 6 fully saturated rings. The molecule has 4 atom stereocenters. The van der Waals surface area contributed by atoms with Crippen molar-refractivity contribution in [2.45, 2.75) is 55.8 Å². The van der Waals surface area contributed by atoms with Crippen molar-refractivity contribution in [3.63, 3.8) is 0 Å². The van der Waals surface area contributed by atoms with Gasteiger partial charge in [-0.1, -0.05) is 12.8 Å². The smallest absolute Gasteiger partial charge is 0.387 e. The number of aromatic nitrogens is 3. The summed E-state index contributed by atoms with van der Waals surface area (Å²) in [6.45, 7) is -0.0860. The third-order valence-electron chi connectivity index (χ3n) is 8.31. The van der Waals surface area contributed by atoms with E-state index in [1.807, 2.05) is 0 Å². The summed E-state index contributed by atoms with van der Waals surface area (Å²) in [6.07, 6.45) is 6.34. The van der Waals surface area contributed by atoms with Gasteiger partial charge in [-0.25, -0.2) is 4.98 Å². The first kappa shape index (κ1) is 18.3. The normalized spacial score (nSPS) is 34.2. The van der Waals surface area contributed by atoms with Crippen molar-refractivity contribution in [2.75, 3.05) is 25.5 Å². The Hall–Kier alpha value is -2.26. The highest BCUT2D eigenvalue weighted by Crippen LogP contribution is 2.86. The van der Waals surface area contributed by atoms with Crippen molar-refractivity contribution in [2.24, 2.45) is 11.8 Å². The highest BCUT2D eigenvalue weighted by molar-refractivity contribution is 5.67. The summed E-state index contributed by atoms with van der Waals surface area (Å²) in [5.74, 6) is 1.30. The van der Waals surface area contributed by atoms with Gasteiger partial charge in [0.05, 0.1) is 31.0 Å². The van der Waals surface area contributed by atoms with Gasteiger partial charge < -0.3 is 15.2 Å². The Morgan fingerprint density at radius 1 is 1.19 bits per heavy atom. The molecule has 3 saturated carbocycles. The number of halogens is 2. The number of anilines is 1. The van der Waals surface area contributed by atoms with Gasteiger partial charge in [0, 0.05) is 35.5 Å². The second kappa shape index (κ2) is 6.16. The number of alkyl halides is 2. The zero-order chi connectivity index (χ0) is 20.9. The number of rotatable bonds is 6. The zero-order valence-corrected chi connectivity index (χ0v) is 17.1. The molecule has 6 aliphatic rings. The van der Waals surface area contributed by atoms with Crippen LogP contribution < -0.4 is 10.5 Å². The van der Waals surface area contributed by atoms with Gasteiger partial charge in [0.1, 0.15) is 0 Å². The molecular weight excluding hydrogens is 404 g/mol. The van der Waals surface area contributed by atoms with Gasteiger partial charge in [0.15, 0.2) is 11.6 Å². The Bertz CT molecular complexity index is 1040. The van der Waals surface area contributed by atoms with Gasteiger partial charge in [-0.2, -0.15) is 13.9 Å². The van der Waals surface area contributed by atoms with Crippen molar-refractivity contribution >= 4 is 5.82 Å². The van der Waals surface area contributed by atoms with Crippen LogP contribution in [0.15, 0.2) is 18.3 Å². The largest absolute Gasteiger partial charge is 0.431 e. The number of fused-ring (bicyclic) bond motifs is 1. The van der Waals surface area contributed by atoms with Crippen molar-refractivity contribution in [1.82, 2.24) is 19.7 Å². The lowest BCUT2D eigenvalue weighted by atomic mass is 10.0. The van der Waals surface area contributed by atoms with Crippen molar-refractivity contribution in [3.8, 4) is 17.0 Å². The highest BCUT2D eigenvalue weighted by Gasteiger charge is 2.94. The monoisotopic (exact) mass is 429 g/mol. The Kier molecular flexibility index (Phi) is 3.64. The Labute approximate surface area is 178 Å². The van der Waals surface area contributed by atoms with E-state index in [0.717, 1.165) is 44.2 Å². The first-order valence-electron chi connectivity index (χ1n) is 11.2. The molecule has 0 radical (unpaired) electrons. The average Bonchev–Trinajstić information content (AvgIpc) is 3.20. The number of pyridine rings is 1. The van der Waals surface area contributed by atoms with Crippen LogP contribution in [0.2, 0.25) is 0 Å². The number of nitrogens with zero attached hydrogens (tertiary/aromatic N) is 4. The molecule has 3 saturated heterocycles. The second-order valence-electron chi connectivity index (χ2n) is 9.68. The van der Waals surface area contributed by atoms with E-state index in [-0.39, 0.29) is 17.0 Å². The molecule has 2 N–H and O–H groups in total. The molecule has 2 aromatic rings. The van der Waals surface area contributed by atoms with Crippen LogP contribution in [0.25, 0.3) is 11.3 Å². The average molecular weight is 429 g/mol. The van der Waals surface area contributed by atoms with Gasteiger partial charge in [0.2, 0.25) is 0 Å². The van der Waals surface area contributed by atoms with E-state index in [1.54, 1.807) is 6.20 Å². The van der Waals surface area contributed by atoms with Crippen LogP contribution in [0.4, 0.5) is 14.6 Å². The molecule has 9 heteroatoms. The lowest BCUT2D eigenvalue weighted by molar-refractivity contribution is -0.0601. The molecule has 164 valence electrons. The molecule has 1 unspecified atom stereocenters. The van der Waals surface area contributed by atoms with Crippen molar-refractivity contribution in [3.05, 3.63) is 24.0 Å². The summed E-state index contributed by atoms with van der Waals surface area (Å²) in [7, 11) is 0. The maximum atomic E-state index is 12.8. The molecule has 5 heterocycles. The quantitative estimate of drug-likeness (QED) is 0.761. The minimum Gasteiger partial charge on any atom is -0.431 e. The molecule has 2 aromatic heterocycles. The summed E-state index contributed by atoms with van der Waals surface area (Å²) < 4.78 is 37.8. The number of nitrogens with two attached hydrogens (primary N) is 1. The predicted octanol–water partition coefficient (Wildman–Crippen LogP) is 2.82. The molecular formula is C22H25F2N5O2. The van der Waals surface area contributed by atoms with Gasteiger partial charge in [-0.05, 0) is 36.8 Å². The zero-order valence-electron chi connectivity index (χ0n) is 17.1. The minimum atomic E-state index is -2.94. The predicted molar refractivity (Wildman–Crippen MR) is 108 cm³/mol. The number of ether oxygens (including phenoxy) is 2. The molecule has 0 aromatic carbocycles. The van der Waals surface area contributed by atoms with Crippen LogP contribution in [0.5, 0.6) is 5.75 Å². The number of piperidine rings is 1. The van der Waals surface area contributed by atoms with E-state index in [4.69, 9.17) is 15.6 Å². The van der Waals surface area contributed by atoms with E-state index in [9.17, 15) is 8.78 Å². The van der Waals surface area contributed by atoms with Crippen LogP contribution in [0, 0.1) is 11.8 Å². The van der Waals surface area contributed by atoms with Crippen molar-refractivity contribution in [1.29, 1.82) is 0 Å². The third-order valence-corrected chi connectivity index (χ3v) is 8.31. The molecule has 8 rings (SSSR count). The van der Waals surface area contributed by atoms with E-state index >= 15 is 0 Å². The Morgan fingerprint density at radius 2 is 2.00 bits per heavy atom. The third kappa shape index (κ3) is 2.39. The summed E-state index contributed by atoms with van der Waals surface area (Å²) in [4.78, 5) is 6.73. The molecule has 3 aliphatic heterocycles. The number of nitrogen functional groups attached to an aromatic ring is 1. The lowest BCUT2D eigenvalue weighted by Crippen LogP contribution is -2.48. The van der Waals surface area contributed by atoms with Gasteiger partial charge in [-0.3, -0.25) is 9.58 Å². The summed E-state index contributed by atoms with van der Waals surface area (Å²) in [5.41, 5.74) is 8.71. The number of hydrogen-bond donors (Lipinski definition) is 1. The van der Waals surface area contributed by atoms with Crippen LogP contribution in [-0.4, -0.2) is 58.1 Å². The minimum absolute atomic E-state index is 0.0426. The summed E-state index contributed by atoms with van der Waals surface area (Å²) >= 11 is 0. The molecule has 2 bridgehead atoms. The van der Waals surface area contributed by atoms with Crippen molar-refractivity contribution < 1.29 is 18.3 Å². The fraction of sp³-hybridized carbons (Fsp3) is 0.636. The SMILES string of the molecule is Nc1ncc(-c2cc([C@@]34C5[C@H]3[C@H]4CN5C3COC3)n(C3CCCC3)n2)cc1OC(F)F. The highest BCUT2D eigenvalue weighted by atomic mass is 19.3. The maximum Gasteiger partial charge on any atom is 0.387 e.